The van der Waals surface area contributed by atoms with Crippen molar-refractivity contribution in [2.75, 3.05) is 26.2 Å². The maximum atomic E-state index is 13.2. The molecular weight excluding hydrogens is 364 g/mol. The van der Waals surface area contributed by atoms with E-state index < -0.39 is 10.0 Å². The third-order valence-corrected chi connectivity index (χ3v) is 8.02. The summed E-state index contributed by atoms with van der Waals surface area (Å²) in [5.74, 6) is 0.805. The van der Waals surface area contributed by atoms with Crippen LogP contribution in [0.4, 0.5) is 0 Å². The molecule has 2 fully saturated rings. The van der Waals surface area contributed by atoms with Gasteiger partial charge in [-0.1, -0.05) is 6.92 Å². The highest BCUT2D eigenvalue weighted by molar-refractivity contribution is 7.89. The Bertz CT molecular complexity index is 957. The highest BCUT2D eigenvalue weighted by atomic mass is 32.2. The van der Waals surface area contributed by atoms with Crippen molar-refractivity contribution in [1.29, 1.82) is 0 Å². The van der Waals surface area contributed by atoms with Crippen molar-refractivity contribution >= 4 is 21.1 Å². The number of benzene rings is 1. The number of imidazole rings is 1. The number of rotatable bonds is 5. The van der Waals surface area contributed by atoms with E-state index in [9.17, 15) is 13.2 Å². The summed E-state index contributed by atoms with van der Waals surface area (Å²) < 4.78 is 28.1. The molecule has 0 amide bonds. The van der Waals surface area contributed by atoms with Gasteiger partial charge in [0.2, 0.25) is 10.0 Å². The van der Waals surface area contributed by atoms with Gasteiger partial charge < -0.3 is 14.9 Å². The van der Waals surface area contributed by atoms with Gasteiger partial charge in [0, 0.05) is 12.6 Å². The number of sulfonamides is 1. The molecule has 1 aromatic carbocycles. The second kappa shape index (κ2) is 7.41. The molecule has 2 aromatic rings. The van der Waals surface area contributed by atoms with Gasteiger partial charge in [-0.15, -0.1) is 0 Å². The number of nitrogens with zero attached hydrogens (tertiary/aromatic N) is 2. The normalized spacial score (nSPS) is 23.4. The van der Waals surface area contributed by atoms with Gasteiger partial charge in [0.05, 0.1) is 15.9 Å². The van der Waals surface area contributed by atoms with E-state index >= 15 is 0 Å². The maximum Gasteiger partial charge on any atom is 0.323 e. The molecule has 2 saturated heterocycles. The van der Waals surface area contributed by atoms with Gasteiger partial charge in [-0.2, -0.15) is 4.31 Å². The fraction of sp³-hybridized carbons (Fsp3) is 0.632. The van der Waals surface area contributed by atoms with Gasteiger partial charge in [-0.3, -0.25) is 0 Å². The standard InChI is InChI=1S/C19H28N4O3S/c1-14-6-10-22(11-7-14)12-8-15-3-2-9-23(15)27(25,26)16-4-5-17-18(13-16)21-19(24)20-17/h4-5,13-15H,2-3,6-12H2,1H3,(H2,20,21,24)/t15-/m1/s1. The second-order valence-electron chi connectivity index (χ2n) is 8.01. The predicted octanol–water partition coefficient (Wildman–Crippen LogP) is 2.13. The van der Waals surface area contributed by atoms with E-state index in [1.807, 2.05) is 0 Å². The van der Waals surface area contributed by atoms with Crippen LogP contribution >= 0.6 is 0 Å². The molecule has 0 spiro atoms. The summed E-state index contributed by atoms with van der Waals surface area (Å²) in [7, 11) is -3.55. The highest BCUT2D eigenvalue weighted by Crippen LogP contribution is 2.29. The Morgan fingerprint density at radius 3 is 2.59 bits per heavy atom. The number of hydrogen-bond acceptors (Lipinski definition) is 4. The minimum atomic E-state index is -3.55. The average Bonchev–Trinajstić information content (AvgIpc) is 3.26. The molecule has 4 rings (SSSR count). The Morgan fingerprint density at radius 2 is 1.81 bits per heavy atom. The monoisotopic (exact) mass is 392 g/mol. The van der Waals surface area contributed by atoms with Crippen LogP contribution in [0.1, 0.15) is 39.0 Å². The number of aromatic nitrogens is 2. The molecule has 3 heterocycles. The van der Waals surface area contributed by atoms with Crippen LogP contribution in [0.3, 0.4) is 0 Å². The van der Waals surface area contributed by atoms with Crippen molar-refractivity contribution < 1.29 is 8.42 Å². The number of hydrogen-bond donors (Lipinski definition) is 2. The third kappa shape index (κ3) is 3.83. The Kier molecular flexibility index (Phi) is 5.13. The van der Waals surface area contributed by atoms with Gasteiger partial charge in [0.25, 0.3) is 0 Å². The molecule has 2 aliphatic rings. The van der Waals surface area contributed by atoms with Crippen molar-refractivity contribution in [1.82, 2.24) is 19.2 Å². The summed E-state index contributed by atoms with van der Waals surface area (Å²) in [6.45, 7) is 6.09. The van der Waals surface area contributed by atoms with Crippen molar-refractivity contribution in [3.8, 4) is 0 Å². The van der Waals surface area contributed by atoms with Gasteiger partial charge in [-0.25, -0.2) is 13.2 Å². The number of H-pyrrole nitrogens is 2. The molecule has 148 valence electrons. The Hall–Kier alpha value is -1.64. The van der Waals surface area contributed by atoms with Crippen LogP contribution in [0.5, 0.6) is 0 Å². The molecule has 2 N–H and O–H groups in total. The summed E-state index contributed by atoms with van der Waals surface area (Å²) in [5, 5.41) is 0. The summed E-state index contributed by atoms with van der Waals surface area (Å²) in [6.07, 6.45) is 5.19. The number of aromatic amines is 2. The Balaban J connectivity index is 1.48. The Morgan fingerprint density at radius 1 is 1.07 bits per heavy atom. The zero-order valence-electron chi connectivity index (χ0n) is 15.8. The van der Waals surface area contributed by atoms with E-state index in [0.29, 0.717) is 17.6 Å². The van der Waals surface area contributed by atoms with E-state index in [4.69, 9.17) is 0 Å². The maximum absolute atomic E-state index is 13.2. The lowest BCUT2D eigenvalue weighted by atomic mass is 9.99. The van der Waals surface area contributed by atoms with E-state index in [2.05, 4.69) is 21.8 Å². The smallest absolute Gasteiger partial charge is 0.306 e. The van der Waals surface area contributed by atoms with Crippen LogP contribution < -0.4 is 5.69 Å². The first-order chi connectivity index (χ1) is 12.9. The van der Waals surface area contributed by atoms with Gasteiger partial charge in [0.15, 0.2) is 0 Å². The van der Waals surface area contributed by atoms with E-state index in [-0.39, 0.29) is 16.6 Å². The molecular formula is C19H28N4O3S. The lowest BCUT2D eigenvalue weighted by molar-refractivity contribution is 0.179. The van der Waals surface area contributed by atoms with Crippen molar-refractivity contribution in [2.24, 2.45) is 5.92 Å². The first-order valence-corrected chi connectivity index (χ1v) is 11.3. The third-order valence-electron chi connectivity index (χ3n) is 6.07. The molecule has 27 heavy (non-hydrogen) atoms. The van der Waals surface area contributed by atoms with Gasteiger partial charge in [0.1, 0.15) is 0 Å². The zero-order valence-corrected chi connectivity index (χ0v) is 16.6. The molecule has 1 aromatic heterocycles. The SMILES string of the molecule is CC1CCN(CC[C@H]2CCCN2S(=O)(=O)c2ccc3[nH]c(=O)[nH]c3c2)CC1. The van der Waals surface area contributed by atoms with E-state index in [1.54, 1.807) is 22.5 Å². The first-order valence-electron chi connectivity index (χ1n) is 9.90. The lowest BCUT2D eigenvalue weighted by Crippen LogP contribution is -2.40. The number of nitrogens with one attached hydrogen (secondary N) is 2. The van der Waals surface area contributed by atoms with E-state index in [0.717, 1.165) is 44.8 Å². The summed E-state index contributed by atoms with van der Waals surface area (Å²) in [6, 6.07) is 4.86. The van der Waals surface area contributed by atoms with Crippen LogP contribution in [-0.4, -0.2) is 59.8 Å². The van der Waals surface area contributed by atoms with Crippen LogP contribution in [0, 0.1) is 5.92 Å². The summed E-state index contributed by atoms with van der Waals surface area (Å²) >= 11 is 0. The van der Waals surface area contributed by atoms with Crippen molar-refractivity contribution in [2.45, 2.75) is 50.0 Å². The quantitative estimate of drug-likeness (QED) is 0.816. The second-order valence-corrected chi connectivity index (χ2v) is 9.90. The fourth-order valence-corrected chi connectivity index (χ4v) is 6.09. The minimum Gasteiger partial charge on any atom is -0.306 e. The van der Waals surface area contributed by atoms with Crippen molar-refractivity contribution in [3.63, 3.8) is 0 Å². The van der Waals surface area contributed by atoms with Gasteiger partial charge >= 0.3 is 5.69 Å². The Labute approximate surface area is 159 Å². The minimum absolute atomic E-state index is 0.0651. The average molecular weight is 393 g/mol. The number of likely N-dealkylation sites (tertiary alicyclic amines) is 1. The predicted molar refractivity (Wildman–Crippen MR) is 105 cm³/mol. The molecule has 0 unspecified atom stereocenters. The van der Waals surface area contributed by atoms with E-state index in [1.165, 1.54) is 12.8 Å². The number of fused-ring (bicyclic) bond motifs is 1. The lowest BCUT2D eigenvalue weighted by Gasteiger charge is -2.32. The zero-order chi connectivity index (χ0) is 19.0. The highest BCUT2D eigenvalue weighted by Gasteiger charge is 2.35. The van der Waals surface area contributed by atoms with Crippen molar-refractivity contribution in [3.05, 3.63) is 28.7 Å². The molecule has 7 nitrogen and oxygen atoms in total. The molecule has 2 aliphatic heterocycles. The molecule has 8 heteroatoms. The van der Waals surface area contributed by atoms with Crippen LogP contribution in [-0.2, 0) is 10.0 Å². The molecule has 1 atom stereocenters. The first kappa shape index (κ1) is 18.7. The summed E-state index contributed by atoms with van der Waals surface area (Å²) in [4.78, 5) is 19.5. The van der Waals surface area contributed by atoms with Crippen LogP contribution in [0.2, 0.25) is 0 Å². The molecule has 0 aliphatic carbocycles. The van der Waals surface area contributed by atoms with Gasteiger partial charge in [-0.05, 0) is 75.9 Å². The largest absolute Gasteiger partial charge is 0.323 e. The van der Waals surface area contributed by atoms with Crippen LogP contribution in [0.25, 0.3) is 11.0 Å². The molecule has 0 radical (unpaired) electrons. The topological polar surface area (TPSA) is 89.3 Å². The fourth-order valence-electron chi connectivity index (χ4n) is 4.34. The summed E-state index contributed by atoms with van der Waals surface area (Å²) in [5.41, 5.74) is 0.824. The van der Waals surface area contributed by atoms with Crippen LogP contribution in [0.15, 0.2) is 27.9 Å². The number of piperidine rings is 1. The molecule has 0 bridgehead atoms. The molecule has 0 saturated carbocycles.